The van der Waals surface area contributed by atoms with E-state index in [4.69, 9.17) is 9.47 Å². The summed E-state index contributed by atoms with van der Waals surface area (Å²) in [5.41, 5.74) is 0. The first-order valence-electron chi connectivity index (χ1n) is 9.77. The molecule has 1 saturated heterocycles. The maximum absolute atomic E-state index is 11.7. The summed E-state index contributed by atoms with van der Waals surface area (Å²) in [5, 5.41) is 6.78. The van der Waals surface area contributed by atoms with Gasteiger partial charge in [0.05, 0.1) is 6.61 Å². The summed E-state index contributed by atoms with van der Waals surface area (Å²) >= 11 is 0. The summed E-state index contributed by atoms with van der Waals surface area (Å²) in [5.74, 6) is 1.68. The van der Waals surface area contributed by atoms with Crippen LogP contribution in [0.3, 0.4) is 0 Å². The average Bonchev–Trinajstić information content (AvgIpc) is 3.43. The van der Waals surface area contributed by atoms with Gasteiger partial charge in [-0.25, -0.2) is 4.79 Å². The fraction of sp³-hybridized carbons (Fsp3) is 0.889. The normalized spacial score (nSPS) is 19.0. The number of likely N-dealkylation sites (tertiary alicyclic amines) is 1. The van der Waals surface area contributed by atoms with Gasteiger partial charge in [0.15, 0.2) is 5.96 Å². The van der Waals surface area contributed by atoms with Crippen LogP contribution in [0.25, 0.3) is 0 Å². The van der Waals surface area contributed by atoms with Gasteiger partial charge in [0.1, 0.15) is 0 Å². The molecule has 7 nitrogen and oxygen atoms in total. The molecule has 0 aromatic rings. The minimum absolute atomic E-state index is 0.201. The van der Waals surface area contributed by atoms with Crippen LogP contribution in [0.4, 0.5) is 4.79 Å². The molecule has 1 aliphatic heterocycles. The van der Waals surface area contributed by atoms with E-state index < -0.39 is 0 Å². The van der Waals surface area contributed by atoms with Gasteiger partial charge in [-0.2, -0.15) is 0 Å². The third-order valence-electron chi connectivity index (χ3n) is 4.47. The first-order valence-corrected chi connectivity index (χ1v) is 9.77. The third-order valence-corrected chi connectivity index (χ3v) is 4.47. The smallest absolute Gasteiger partial charge is 0.409 e. The largest absolute Gasteiger partial charge is 0.450 e. The van der Waals surface area contributed by atoms with E-state index in [9.17, 15) is 4.79 Å². The van der Waals surface area contributed by atoms with Crippen molar-refractivity contribution in [3.05, 3.63) is 0 Å². The molecular formula is C18H34N4O3. The van der Waals surface area contributed by atoms with Gasteiger partial charge in [0, 0.05) is 45.4 Å². The average molecular weight is 354 g/mol. The number of piperidine rings is 1. The van der Waals surface area contributed by atoms with Crippen molar-refractivity contribution >= 4 is 12.1 Å². The molecule has 2 rings (SSSR count). The Bertz CT molecular complexity index is 419. The van der Waals surface area contributed by atoms with E-state index in [-0.39, 0.29) is 6.09 Å². The van der Waals surface area contributed by atoms with E-state index >= 15 is 0 Å². The highest BCUT2D eigenvalue weighted by atomic mass is 16.6. The minimum atomic E-state index is -0.201. The number of rotatable bonds is 9. The van der Waals surface area contributed by atoms with E-state index in [1.54, 1.807) is 4.90 Å². The zero-order valence-corrected chi connectivity index (χ0v) is 15.8. The Labute approximate surface area is 151 Å². The van der Waals surface area contributed by atoms with Gasteiger partial charge in [-0.1, -0.05) is 0 Å². The third kappa shape index (κ3) is 7.94. The van der Waals surface area contributed by atoms with Crippen LogP contribution in [0.1, 0.15) is 46.0 Å². The number of hydrogen-bond acceptors (Lipinski definition) is 4. The monoisotopic (exact) mass is 354 g/mol. The molecule has 0 radical (unpaired) electrons. The summed E-state index contributed by atoms with van der Waals surface area (Å²) < 4.78 is 10.7. The van der Waals surface area contributed by atoms with Crippen LogP contribution in [0.15, 0.2) is 4.99 Å². The topological polar surface area (TPSA) is 75.2 Å². The van der Waals surface area contributed by atoms with Crippen LogP contribution in [0, 0.1) is 5.92 Å². The zero-order valence-electron chi connectivity index (χ0n) is 15.8. The quantitative estimate of drug-likeness (QED) is 0.376. The fourth-order valence-corrected chi connectivity index (χ4v) is 2.83. The molecule has 0 spiro atoms. The van der Waals surface area contributed by atoms with Crippen molar-refractivity contribution < 1.29 is 14.3 Å². The van der Waals surface area contributed by atoms with Gasteiger partial charge in [-0.05, 0) is 51.9 Å². The van der Waals surface area contributed by atoms with Gasteiger partial charge in [0.2, 0.25) is 0 Å². The van der Waals surface area contributed by atoms with Gasteiger partial charge >= 0.3 is 6.09 Å². The number of guanidine groups is 1. The molecule has 2 fully saturated rings. The Morgan fingerprint density at radius 2 is 1.96 bits per heavy atom. The standard InChI is InChI=1S/C18H34N4O3/c1-3-19-17(20-10-5-13-24-14-15-6-7-15)21-16-8-11-22(12-9-16)18(23)25-4-2/h15-16H,3-14H2,1-2H3,(H2,19,20,21). The van der Waals surface area contributed by atoms with Gasteiger partial charge < -0.3 is 25.0 Å². The number of hydrogen-bond donors (Lipinski definition) is 2. The Morgan fingerprint density at radius 1 is 1.20 bits per heavy atom. The lowest BCUT2D eigenvalue weighted by atomic mass is 10.1. The van der Waals surface area contributed by atoms with Crippen molar-refractivity contribution in [1.82, 2.24) is 15.5 Å². The maximum atomic E-state index is 11.7. The molecule has 1 heterocycles. The summed E-state index contributed by atoms with van der Waals surface area (Å²) in [7, 11) is 0. The molecule has 144 valence electrons. The van der Waals surface area contributed by atoms with E-state index in [0.717, 1.165) is 70.5 Å². The number of nitrogens with one attached hydrogen (secondary N) is 2. The molecule has 0 atom stereocenters. The van der Waals surface area contributed by atoms with Crippen molar-refractivity contribution in [2.45, 2.75) is 52.0 Å². The van der Waals surface area contributed by atoms with Crippen molar-refractivity contribution in [3.63, 3.8) is 0 Å². The first-order chi connectivity index (χ1) is 12.2. The van der Waals surface area contributed by atoms with E-state index in [1.165, 1.54) is 12.8 Å². The predicted molar refractivity (Wildman–Crippen MR) is 98.9 cm³/mol. The fourth-order valence-electron chi connectivity index (χ4n) is 2.83. The summed E-state index contributed by atoms with van der Waals surface area (Å²) in [4.78, 5) is 18.2. The minimum Gasteiger partial charge on any atom is -0.450 e. The first kappa shape index (κ1) is 19.8. The van der Waals surface area contributed by atoms with Gasteiger partial charge in [-0.3, -0.25) is 4.99 Å². The zero-order chi connectivity index (χ0) is 17.9. The SMILES string of the molecule is CCNC(=NCCCOCC1CC1)NC1CCN(C(=O)OCC)CC1. The molecule has 0 aromatic carbocycles. The second-order valence-corrected chi connectivity index (χ2v) is 6.74. The lowest BCUT2D eigenvalue weighted by molar-refractivity contribution is 0.0963. The molecule has 1 saturated carbocycles. The molecule has 1 amide bonds. The molecule has 1 aliphatic carbocycles. The lowest BCUT2D eigenvalue weighted by Crippen LogP contribution is -2.49. The number of carbonyl (C=O) groups excluding carboxylic acids is 1. The second kappa shape index (κ2) is 11.2. The van der Waals surface area contributed by atoms with Gasteiger partial charge in [0.25, 0.3) is 0 Å². The Morgan fingerprint density at radius 3 is 2.60 bits per heavy atom. The van der Waals surface area contributed by atoms with E-state index in [0.29, 0.717) is 12.6 Å². The highest BCUT2D eigenvalue weighted by Gasteiger charge is 2.24. The number of ether oxygens (including phenoxy) is 2. The van der Waals surface area contributed by atoms with Crippen molar-refractivity contribution in [2.75, 3.05) is 46.0 Å². The van der Waals surface area contributed by atoms with E-state index in [2.05, 4.69) is 22.5 Å². The van der Waals surface area contributed by atoms with Crippen LogP contribution in [-0.2, 0) is 9.47 Å². The number of aliphatic imine (C=N–C) groups is 1. The van der Waals surface area contributed by atoms with Crippen LogP contribution in [0.5, 0.6) is 0 Å². The van der Waals surface area contributed by atoms with Gasteiger partial charge in [-0.15, -0.1) is 0 Å². The van der Waals surface area contributed by atoms with Crippen LogP contribution >= 0.6 is 0 Å². The Hall–Kier alpha value is -1.50. The predicted octanol–water partition coefficient (Wildman–Crippen LogP) is 1.98. The molecule has 2 aliphatic rings. The molecule has 0 unspecified atom stereocenters. The molecule has 25 heavy (non-hydrogen) atoms. The molecule has 0 aromatic heterocycles. The number of nitrogens with zero attached hydrogens (tertiary/aromatic N) is 2. The Kier molecular flexibility index (Phi) is 8.86. The van der Waals surface area contributed by atoms with Crippen molar-refractivity contribution in [1.29, 1.82) is 0 Å². The van der Waals surface area contributed by atoms with Crippen LogP contribution in [0.2, 0.25) is 0 Å². The molecule has 2 N–H and O–H groups in total. The van der Waals surface area contributed by atoms with Crippen molar-refractivity contribution in [3.8, 4) is 0 Å². The molecule has 7 heteroatoms. The highest BCUT2D eigenvalue weighted by molar-refractivity contribution is 5.80. The second-order valence-electron chi connectivity index (χ2n) is 6.74. The van der Waals surface area contributed by atoms with Crippen LogP contribution in [-0.4, -0.2) is 69.0 Å². The maximum Gasteiger partial charge on any atom is 0.409 e. The van der Waals surface area contributed by atoms with E-state index in [1.807, 2.05) is 6.92 Å². The highest BCUT2D eigenvalue weighted by Crippen LogP contribution is 2.28. The number of carbonyl (C=O) groups is 1. The summed E-state index contributed by atoms with van der Waals surface area (Å²) in [6.07, 6.45) is 5.24. The Balaban J connectivity index is 1.64. The summed E-state index contributed by atoms with van der Waals surface area (Å²) in [6.45, 7) is 9.10. The molecule has 0 bridgehead atoms. The van der Waals surface area contributed by atoms with Crippen LogP contribution < -0.4 is 10.6 Å². The lowest BCUT2D eigenvalue weighted by Gasteiger charge is -2.32. The summed E-state index contributed by atoms with van der Waals surface area (Å²) in [6, 6.07) is 0.342. The number of amides is 1. The van der Waals surface area contributed by atoms with Crippen molar-refractivity contribution in [2.24, 2.45) is 10.9 Å². The molecular weight excluding hydrogens is 320 g/mol.